The number of hydrogen-bond donors (Lipinski definition) is 2. The number of rotatable bonds is 7. The molecule has 2 aromatic carbocycles. The van der Waals surface area contributed by atoms with Gasteiger partial charge in [0.2, 0.25) is 0 Å². The quantitative estimate of drug-likeness (QED) is 0.511. The fraction of sp³-hybridized carbons (Fsp3) is 0.100. The third kappa shape index (κ3) is 4.64. The van der Waals surface area contributed by atoms with Crippen molar-refractivity contribution in [3.05, 3.63) is 70.6 Å². The molecule has 0 aliphatic carbocycles. The summed E-state index contributed by atoms with van der Waals surface area (Å²) in [6, 6.07) is 13.8. The normalized spacial score (nSPS) is 16.1. The number of para-hydroxylation sites is 1. The van der Waals surface area contributed by atoms with Crippen LogP contribution in [0.25, 0.3) is 6.08 Å². The Morgan fingerprint density at radius 1 is 1.10 bits per heavy atom. The molecule has 2 aromatic rings. The minimum Gasteiger partial charge on any atom is -0.481 e. The number of thiocarbonyl (C=S) groups is 1. The van der Waals surface area contributed by atoms with E-state index in [0.717, 1.165) is 16.7 Å². The molecule has 1 saturated heterocycles. The zero-order chi connectivity index (χ0) is 21.0. The van der Waals surface area contributed by atoms with Gasteiger partial charge in [-0.2, -0.15) is 0 Å². The number of ether oxygens (including phenoxy) is 1. The van der Waals surface area contributed by atoms with Crippen LogP contribution >= 0.6 is 24.0 Å². The summed E-state index contributed by atoms with van der Waals surface area (Å²) in [6.45, 7) is -0.527. The van der Waals surface area contributed by atoms with Crippen molar-refractivity contribution in [3.63, 3.8) is 0 Å². The molecule has 29 heavy (non-hydrogen) atoms. The third-order valence-corrected chi connectivity index (χ3v) is 5.32. The Morgan fingerprint density at radius 2 is 1.76 bits per heavy atom. The summed E-state index contributed by atoms with van der Waals surface area (Å²) >= 11 is 6.26. The van der Waals surface area contributed by atoms with Crippen LogP contribution in [-0.2, 0) is 14.4 Å². The van der Waals surface area contributed by atoms with Gasteiger partial charge in [0.1, 0.15) is 10.1 Å². The first-order valence-corrected chi connectivity index (χ1v) is 9.59. The average Bonchev–Trinajstić information content (AvgIpc) is 2.96. The zero-order valence-corrected chi connectivity index (χ0v) is 16.5. The van der Waals surface area contributed by atoms with E-state index < -0.39 is 30.5 Å². The van der Waals surface area contributed by atoms with Crippen molar-refractivity contribution in [2.75, 3.05) is 6.61 Å². The number of hydrogen-bond acceptors (Lipinski definition) is 6. The molecular formula is C20H15NO6S2. The van der Waals surface area contributed by atoms with Crippen LogP contribution in [0, 0.1) is 0 Å². The Bertz CT molecular complexity index is 1010. The molecule has 9 heteroatoms. The maximum Gasteiger partial charge on any atom is 0.341 e. The van der Waals surface area contributed by atoms with Crippen LogP contribution in [0.1, 0.15) is 17.2 Å². The van der Waals surface area contributed by atoms with Gasteiger partial charge in [0.25, 0.3) is 5.91 Å². The van der Waals surface area contributed by atoms with Crippen molar-refractivity contribution in [1.82, 2.24) is 4.90 Å². The minimum absolute atomic E-state index is 0.126. The van der Waals surface area contributed by atoms with E-state index in [2.05, 4.69) is 0 Å². The molecule has 1 aliphatic rings. The van der Waals surface area contributed by atoms with Crippen molar-refractivity contribution >= 4 is 52.2 Å². The molecule has 148 valence electrons. The second-order valence-corrected chi connectivity index (χ2v) is 7.60. The van der Waals surface area contributed by atoms with Crippen molar-refractivity contribution in [3.8, 4) is 5.75 Å². The van der Waals surface area contributed by atoms with Gasteiger partial charge in [0.05, 0.1) is 4.91 Å². The Labute approximate surface area is 175 Å². The molecule has 1 fully saturated rings. The lowest BCUT2D eigenvalue weighted by molar-refractivity contribution is -0.145. The first kappa shape index (κ1) is 20.6. The van der Waals surface area contributed by atoms with Gasteiger partial charge in [-0.25, -0.2) is 9.59 Å². The number of carboxylic acids is 2. The molecule has 2 N–H and O–H groups in total. The van der Waals surface area contributed by atoms with Gasteiger partial charge in [-0.1, -0.05) is 72.5 Å². The highest BCUT2D eigenvalue weighted by Gasteiger charge is 2.41. The fourth-order valence-electron chi connectivity index (χ4n) is 2.75. The summed E-state index contributed by atoms with van der Waals surface area (Å²) in [6.07, 6.45) is 1.51. The van der Waals surface area contributed by atoms with Crippen LogP contribution in [0.15, 0.2) is 59.5 Å². The highest BCUT2D eigenvalue weighted by Crippen LogP contribution is 2.39. The monoisotopic (exact) mass is 429 g/mol. The maximum atomic E-state index is 13.0. The lowest BCUT2D eigenvalue weighted by Crippen LogP contribution is -2.37. The van der Waals surface area contributed by atoms with Crippen LogP contribution in [0.5, 0.6) is 5.75 Å². The first-order chi connectivity index (χ1) is 13.9. The van der Waals surface area contributed by atoms with Crippen LogP contribution in [-0.4, -0.2) is 43.9 Å². The number of thioether (sulfide) groups is 1. The SMILES string of the molecule is O=C(O)COc1ccccc1/C=C1\SC(=S)N(C(C(=O)O)c2ccccc2)C1=O. The van der Waals surface area contributed by atoms with E-state index in [0.29, 0.717) is 11.1 Å². The second kappa shape index (κ2) is 8.89. The van der Waals surface area contributed by atoms with Gasteiger partial charge in [0.15, 0.2) is 12.6 Å². The Hall–Kier alpha value is -3.17. The van der Waals surface area contributed by atoms with Gasteiger partial charge in [0, 0.05) is 5.56 Å². The number of nitrogens with zero attached hydrogens (tertiary/aromatic N) is 1. The first-order valence-electron chi connectivity index (χ1n) is 8.37. The molecule has 1 atom stereocenters. The highest BCUT2D eigenvalue weighted by atomic mass is 32.2. The lowest BCUT2D eigenvalue weighted by Gasteiger charge is -2.23. The van der Waals surface area contributed by atoms with Gasteiger partial charge in [-0.15, -0.1) is 0 Å². The highest BCUT2D eigenvalue weighted by molar-refractivity contribution is 8.26. The third-order valence-electron chi connectivity index (χ3n) is 3.99. The molecule has 0 saturated carbocycles. The van der Waals surface area contributed by atoms with Crippen molar-refractivity contribution in [1.29, 1.82) is 0 Å². The molecule has 1 amide bonds. The smallest absolute Gasteiger partial charge is 0.341 e. The zero-order valence-electron chi connectivity index (χ0n) is 14.8. The maximum absolute atomic E-state index is 13.0. The summed E-state index contributed by atoms with van der Waals surface area (Å²) in [4.78, 5) is 36.9. The largest absolute Gasteiger partial charge is 0.481 e. The lowest BCUT2D eigenvalue weighted by atomic mass is 10.1. The summed E-state index contributed by atoms with van der Waals surface area (Å²) in [5, 5.41) is 18.5. The van der Waals surface area contributed by atoms with Crippen LogP contribution in [0.2, 0.25) is 0 Å². The van der Waals surface area contributed by atoms with E-state index in [1.54, 1.807) is 54.6 Å². The number of carboxylic acid groups (broad SMARTS) is 2. The average molecular weight is 429 g/mol. The predicted octanol–water partition coefficient (Wildman–Crippen LogP) is 3.18. The van der Waals surface area contributed by atoms with Gasteiger partial charge >= 0.3 is 11.9 Å². The number of carbonyl (C=O) groups is 3. The summed E-state index contributed by atoms with van der Waals surface area (Å²) in [5.74, 6) is -2.57. The molecule has 7 nitrogen and oxygen atoms in total. The number of carbonyl (C=O) groups excluding carboxylic acids is 1. The Kier molecular flexibility index (Phi) is 6.30. The molecule has 1 heterocycles. The molecule has 1 aliphatic heterocycles. The number of aliphatic carboxylic acids is 2. The fourth-order valence-corrected chi connectivity index (χ4v) is 4.06. The van der Waals surface area contributed by atoms with Crippen LogP contribution in [0.4, 0.5) is 0 Å². The predicted molar refractivity (Wildman–Crippen MR) is 111 cm³/mol. The van der Waals surface area contributed by atoms with E-state index in [4.69, 9.17) is 22.1 Å². The molecule has 3 rings (SSSR count). The standard InChI is InChI=1S/C20H15NO6S2/c22-16(23)11-27-14-9-5-4-8-13(14)10-15-18(24)21(20(28)29-15)17(19(25)26)12-6-2-1-3-7-12/h1-10,17H,11H2,(H,22,23)(H,25,26)/b15-10-. The molecule has 0 bridgehead atoms. The van der Waals surface area contributed by atoms with E-state index in [9.17, 15) is 19.5 Å². The van der Waals surface area contributed by atoms with Crippen molar-refractivity contribution in [2.45, 2.75) is 6.04 Å². The molecule has 0 aromatic heterocycles. The van der Waals surface area contributed by atoms with Gasteiger partial charge in [-0.3, -0.25) is 9.69 Å². The van der Waals surface area contributed by atoms with Crippen molar-refractivity contribution in [2.24, 2.45) is 0 Å². The Morgan fingerprint density at radius 3 is 2.41 bits per heavy atom. The van der Waals surface area contributed by atoms with Crippen LogP contribution in [0.3, 0.4) is 0 Å². The molecule has 0 spiro atoms. The summed E-state index contributed by atoms with van der Waals surface area (Å²) in [7, 11) is 0. The van der Waals surface area contributed by atoms with E-state index in [1.165, 1.54) is 6.08 Å². The molecule has 1 unspecified atom stereocenters. The van der Waals surface area contributed by atoms with Crippen LogP contribution < -0.4 is 4.74 Å². The Balaban J connectivity index is 1.93. The van der Waals surface area contributed by atoms with E-state index in [-0.39, 0.29) is 15.0 Å². The number of benzene rings is 2. The van der Waals surface area contributed by atoms with Crippen molar-refractivity contribution < 1.29 is 29.3 Å². The summed E-state index contributed by atoms with van der Waals surface area (Å²) < 4.78 is 5.37. The molecule has 0 radical (unpaired) electrons. The molecular weight excluding hydrogens is 414 g/mol. The number of amides is 1. The van der Waals surface area contributed by atoms with E-state index >= 15 is 0 Å². The summed E-state index contributed by atoms with van der Waals surface area (Å²) in [5.41, 5.74) is 0.920. The minimum atomic E-state index is -1.24. The second-order valence-electron chi connectivity index (χ2n) is 5.92. The van der Waals surface area contributed by atoms with E-state index in [1.807, 2.05) is 0 Å². The van der Waals surface area contributed by atoms with Gasteiger partial charge < -0.3 is 14.9 Å². The topological polar surface area (TPSA) is 104 Å². The van der Waals surface area contributed by atoms with Gasteiger partial charge in [-0.05, 0) is 17.7 Å².